The molecule has 2 rings (SSSR count). The number of benzene rings is 1. The molecule has 0 aliphatic carbocycles. The highest BCUT2D eigenvalue weighted by Gasteiger charge is 2.27. The fourth-order valence-corrected chi connectivity index (χ4v) is 2.65. The van der Waals surface area contributed by atoms with Crippen molar-refractivity contribution in [3.05, 3.63) is 57.4 Å². The fraction of sp³-hybridized carbons (Fsp3) is 0.231. The van der Waals surface area contributed by atoms with Crippen molar-refractivity contribution in [3.63, 3.8) is 0 Å². The predicted octanol–water partition coefficient (Wildman–Crippen LogP) is 4.15. The lowest BCUT2D eigenvalue weighted by molar-refractivity contribution is 0.0522. The molecule has 0 saturated heterocycles. The minimum Gasteiger partial charge on any atom is -0.469 e. The molecular formula is C13H12BrClO2. The molecule has 17 heavy (non-hydrogen) atoms. The van der Waals surface area contributed by atoms with E-state index in [9.17, 15) is 5.11 Å². The van der Waals surface area contributed by atoms with Gasteiger partial charge in [0.05, 0.1) is 11.9 Å². The smallest absolute Gasteiger partial charge is 0.106 e. The third-order valence-corrected chi connectivity index (χ3v) is 3.42. The Balaban J connectivity index is 2.30. The number of rotatable bonds is 3. The summed E-state index contributed by atoms with van der Waals surface area (Å²) in [5, 5.41) is 11.0. The van der Waals surface area contributed by atoms with E-state index in [2.05, 4.69) is 15.9 Å². The van der Waals surface area contributed by atoms with E-state index in [1.807, 2.05) is 18.2 Å². The van der Waals surface area contributed by atoms with Crippen LogP contribution in [-0.4, -0.2) is 5.11 Å². The van der Waals surface area contributed by atoms with Gasteiger partial charge in [0.1, 0.15) is 5.76 Å². The van der Waals surface area contributed by atoms with Crippen LogP contribution in [0.25, 0.3) is 0 Å². The highest BCUT2D eigenvalue weighted by atomic mass is 79.9. The van der Waals surface area contributed by atoms with E-state index in [4.69, 9.17) is 16.0 Å². The maximum Gasteiger partial charge on any atom is 0.106 e. The van der Waals surface area contributed by atoms with Gasteiger partial charge in [0.2, 0.25) is 0 Å². The summed E-state index contributed by atoms with van der Waals surface area (Å²) in [6, 6.07) is 9.08. The highest BCUT2D eigenvalue weighted by molar-refractivity contribution is 9.10. The van der Waals surface area contributed by atoms with Gasteiger partial charge in [-0.2, -0.15) is 0 Å². The van der Waals surface area contributed by atoms with E-state index in [1.54, 1.807) is 25.3 Å². The second-order valence-corrected chi connectivity index (χ2v) is 5.48. The summed E-state index contributed by atoms with van der Waals surface area (Å²) in [4.78, 5) is 0. The van der Waals surface area contributed by atoms with Crippen LogP contribution >= 0.6 is 27.5 Å². The van der Waals surface area contributed by atoms with Crippen LogP contribution in [-0.2, 0) is 12.0 Å². The number of halogens is 2. The van der Waals surface area contributed by atoms with Crippen molar-refractivity contribution in [1.82, 2.24) is 0 Å². The number of aliphatic hydroxyl groups is 1. The Morgan fingerprint density at radius 2 is 2.18 bits per heavy atom. The predicted molar refractivity (Wildman–Crippen MR) is 71.1 cm³/mol. The molecule has 1 aromatic carbocycles. The molecule has 90 valence electrons. The molecule has 0 aliphatic heterocycles. The molecule has 0 amide bonds. The lowest BCUT2D eigenvalue weighted by Crippen LogP contribution is -2.24. The van der Waals surface area contributed by atoms with Crippen LogP contribution in [0.15, 0.2) is 45.5 Å². The molecule has 1 atom stereocenters. The molecule has 0 radical (unpaired) electrons. The second kappa shape index (κ2) is 4.84. The molecular weight excluding hydrogens is 303 g/mol. The largest absolute Gasteiger partial charge is 0.469 e. The molecule has 0 fully saturated rings. The van der Waals surface area contributed by atoms with Crippen molar-refractivity contribution < 1.29 is 9.52 Å². The van der Waals surface area contributed by atoms with Gasteiger partial charge in [0, 0.05) is 21.5 Å². The average Bonchev–Trinajstić information content (AvgIpc) is 2.68. The summed E-state index contributed by atoms with van der Waals surface area (Å²) >= 11 is 9.47. The lowest BCUT2D eigenvalue weighted by Gasteiger charge is -2.24. The van der Waals surface area contributed by atoms with E-state index in [1.165, 1.54) is 0 Å². The Morgan fingerprint density at radius 3 is 2.76 bits per heavy atom. The van der Waals surface area contributed by atoms with Crippen molar-refractivity contribution in [2.24, 2.45) is 0 Å². The van der Waals surface area contributed by atoms with Crippen LogP contribution in [0.4, 0.5) is 0 Å². The summed E-state index contributed by atoms with van der Waals surface area (Å²) in [6.45, 7) is 1.73. The van der Waals surface area contributed by atoms with Crippen LogP contribution in [0, 0.1) is 0 Å². The van der Waals surface area contributed by atoms with Gasteiger partial charge in [-0.15, -0.1) is 0 Å². The first-order valence-corrected chi connectivity index (χ1v) is 6.36. The Bertz CT molecular complexity index is 506. The van der Waals surface area contributed by atoms with Crippen molar-refractivity contribution >= 4 is 27.5 Å². The standard InChI is InChI=1S/C13H12BrClO2/c1-13(16,8-10-3-2-6-17-10)11-5-4-9(14)7-12(11)15/h2-7,16H,8H2,1H3. The quantitative estimate of drug-likeness (QED) is 0.923. The van der Waals surface area contributed by atoms with Crippen LogP contribution < -0.4 is 0 Å². The zero-order chi connectivity index (χ0) is 12.5. The second-order valence-electron chi connectivity index (χ2n) is 4.15. The summed E-state index contributed by atoms with van der Waals surface area (Å²) in [5.74, 6) is 0.731. The maximum absolute atomic E-state index is 10.5. The van der Waals surface area contributed by atoms with Crippen LogP contribution in [0.3, 0.4) is 0 Å². The van der Waals surface area contributed by atoms with Crippen LogP contribution in [0.2, 0.25) is 5.02 Å². The van der Waals surface area contributed by atoms with Gasteiger partial charge in [-0.25, -0.2) is 0 Å². The first-order valence-electron chi connectivity index (χ1n) is 5.19. The van der Waals surface area contributed by atoms with Crippen molar-refractivity contribution in [2.75, 3.05) is 0 Å². The van der Waals surface area contributed by atoms with E-state index < -0.39 is 5.60 Å². The third kappa shape index (κ3) is 2.92. The molecule has 0 spiro atoms. The van der Waals surface area contributed by atoms with E-state index in [0.717, 1.165) is 10.2 Å². The Labute approximate surface area is 113 Å². The summed E-state index contributed by atoms with van der Waals surface area (Å²) in [5.41, 5.74) is -0.353. The maximum atomic E-state index is 10.5. The molecule has 0 aliphatic rings. The lowest BCUT2D eigenvalue weighted by atomic mass is 9.91. The minimum atomic E-state index is -1.05. The van der Waals surface area contributed by atoms with Crippen molar-refractivity contribution in [3.8, 4) is 0 Å². The van der Waals surface area contributed by atoms with Gasteiger partial charge in [0.15, 0.2) is 0 Å². The monoisotopic (exact) mass is 314 g/mol. The number of hydrogen-bond donors (Lipinski definition) is 1. The molecule has 2 aromatic rings. The van der Waals surface area contributed by atoms with E-state index in [-0.39, 0.29) is 0 Å². The van der Waals surface area contributed by atoms with Crippen molar-refractivity contribution in [1.29, 1.82) is 0 Å². The Hall–Kier alpha value is -0.770. The van der Waals surface area contributed by atoms with Crippen LogP contribution in [0.1, 0.15) is 18.2 Å². The number of furan rings is 1. The molecule has 1 N–H and O–H groups in total. The normalized spacial score (nSPS) is 14.6. The highest BCUT2D eigenvalue weighted by Crippen LogP contribution is 2.32. The van der Waals surface area contributed by atoms with Crippen molar-refractivity contribution in [2.45, 2.75) is 18.9 Å². The fourth-order valence-electron chi connectivity index (χ4n) is 1.77. The molecule has 0 bridgehead atoms. The van der Waals surface area contributed by atoms with Gasteiger partial charge >= 0.3 is 0 Å². The first-order chi connectivity index (χ1) is 7.99. The summed E-state index contributed by atoms with van der Waals surface area (Å²) in [7, 11) is 0. The first kappa shape index (κ1) is 12.7. The SMILES string of the molecule is CC(O)(Cc1ccco1)c1ccc(Br)cc1Cl. The topological polar surface area (TPSA) is 33.4 Å². The van der Waals surface area contributed by atoms with Gasteiger partial charge in [-0.1, -0.05) is 33.6 Å². The van der Waals surface area contributed by atoms with E-state index >= 15 is 0 Å². The Morgan fingerprint density at radius 1 is 1.41 bits per heavy atom. The average molecular weight is 316 g/mol. The summed E-state index contributed by atoms with van der Waals surface area (Å²) < 4.78 is 6.13. The molecule has 1 unspecified atom stereocenters. The van der Waals surface area contributed by atoms with Gasteiger partial charge < -0.3 is 9.52 Å². The zero-order valence-corrected chi connectivity index (χ0v) is 11.6. The Kier molecular flexibility index (Phi) is 3.61. The van der Waals surface area contributed by atoms with Gasteiger partial charge in [-0.3, -0.25) is 0 Å². The molecule has 1 heterocycles. The minimum absolute atomic E-state index is 0.390. The van der Waals surface area contributed by atoms with Gasteiger partial charge in [0.25, 0.3) is 0 Å². The van der Waals surface area contributed by atoms with Gasteiger partial charge in [-0.05, 0) is 31.2 Å². The number of hydrogen-bond acceptors (Lipinski definition) is 2. The summed E-state index contributed by atoms with van der Waals surface area (Å²) in [6.07, 6.45) is 1.98. The van der Waals surface area contributed by atoms with E-state index in [0.29, 0.717) is 17.0 Å². The third-order valence-electron chi connectivity index (χ3n) is 2.61. The zero-order valence-electron chi connectivity index (χ0n) is 9.28. The molecule has 1 aromatic heterocycles. The molecule has 0 saturated carbocycles. The molecule has 4 heteroatoms. The van der Waals surface area contributed by atoms with Crippen LogP contribution in [0.5, 0.6) is 0 Å². The molecule has 2 nitrogen and oxygen atoms in total.